The topological polar surface area (TPSA) is 52.3 Å². The van der Waals surface area contributed by atoms with Gasteiger partial charge in [-0.05, 0) is 28.7 Å². The lowest BCUT2D eigenvalue weighted by Crippen LogP contribution is -2.10. The number of ether oxygens (including phenoxy) is 1. The quantitative estimate of drug-likeness (QED) is 0.373. The Morgan fingerprint density at radius 1 is 1.57 bits per heavy atom. The molecule has 6 heteroatoms. The maximum atomic E-state index is 13.3. The van der Waals surface area contributed by atoms with E-state index in [4.69, 9.17) is 5.73 Å². The highest BCUT2D eigenvalue weighted by molar-refractivity contribution is 14.1. The Morgan fingerprint density at radius 2 is 2.14 bits per heavy atom. The Morgan fingerprint density at radius 3 is 2.64 bits per heavy atom. The van der Waals surface area contributed by atoms with E-state index in [0.717, 1.165) is 13.2 Å². The molecule has 1 aromatic rings. The molecule has 1 aromatic carbocycles. The van der Waals surface area contributed by atoms with Gasteiger partial charge in [-0.15, -0.1) is 0 Å². The molecule has 0 heterocycles. The minimum atomic E-state index is -1.06. The lowest BCUT2D eigenvalue weighted by atomic mass is 10.2. The van der Waals surface area contributed by atoms with E-state index < -0.39 is 23.2 Å². The van der Waals surface area contributed by atoms with E-state index >= 15 is 0 Å². The Balaban J connectivity index is 3.44. The Hall–Kier alpha value is -0.920. The number of esters is 1. The minimum absolute atomic E-state index is 0.00407. The number of carbonyl (C=O) groups excluding carboxylic acids is 1. The number of halogens is 3. The van der Waals surface area contributed by atoms with E-state index in [1.165, 1.54) is 0 Å². The third kappa shape index (κ3) is 1.79. The van der Waals surface area contributed by atoms with Crippen molar-refractivity contribution in [3.8, 4) is 0 Å². The van der Waals surface area contributed by atoms with Crippen molar-refractivity contribution in [3.05, 3.63) is 26.8 Å². The molecule has 76 valence electrons. The molecule has 0 atom stereocenters. The SMILES string of the molecule is COC(=O)c1c(F)cc(N)c(I)c1F. The van der Waals surface area contributed by atoms with Gasteiger partial charge in [0, 0.05) is 0 Å². The molecule has 0 radical (unpaired) electrons. The summed E-state index contributed by atoms with van der Waals surface area (Å²) in [5.74, 6) is -3.07. The van der Waals surface area contributed by atoms with Crippen LogP contribution in [0.15, 0.2) is 6.07 Å². The molecule has 0 aliphatic heterocycles. The van der Waals surface area contributed by atoms with Crippen molar-refractivity contribution in [2.45, 2.75) is 0 Å². The van der Waals surface area contributed by atoms with Crippen LogP contribution in [0.1, 0.15) is 10.4 Å². The fraction of sp³-hybridized carbons (Fsp3) is 0.125. The van der Waals surface area contributed by atoms with Gasteiger partial charge in [-0.25, -0.2) is 13.6 Å². The molecular weight excluding hydrogens is 307 g/mol. The molecule has 0 aliphatic carbocycles. The van der Waals surface area contributed by atoms with Crippen LogP contribution in [0, 0.1) is 15.2 Å². The van der Waals surface area contributed by atoms with E-state index in [-0.39, 0.29) is 9.26 Å². The predicted octanol–water partition coefficient (Wildman–Crippen LogP) is 1.94. The van der Waals surface area contributed by atoms with Gasteiger partial charge in [-0.2, -0.15) is 0 Å². The zero-order valence-corrected chi connectivity index (χ0v) is 9.26. The van der Waals surface area contributed by atoms with Crippen molar-refractivity contribution < 1.29 is 18.3 Å². The van der Waals surface area contributed by atoms with Crippen LogP contribution in [-0.2, 0) is 4.74 Å². The number of rotatable bonds is 1. The maximum Gasteiger partial charge on any atom is 0.343 e. The fourth-order valence-corrected chi connectivity index (χ4v) is 1.33. The minimum Gasteiger partial charge on any atom is -0.465 e. The Bertz CT molecular complexity index is 395. The van der Waals surface area contributed by atoms with Crippen LogP contribution in [0.2, 0.25) is 0 Å². The monoisotopic (exact) mass is 313 g/mol. The van der Waals surface area contributed by atoms with Gasteiger partial charge in [-0.3, -0.25) is 0 Å². The molecule has 0 spiro atoms. The molecule has 0 aromatic heterocycles. The summed E-state index contributed by atoms with van der Waals surface area (Å²) in [6.07, 6.45) is 0. The van der Waals surface area contributed by atoms with Gasteiger partial charge in [0.15, 0.2) is 5.82 Å². The summed E-state index contributed by atoms with van der Waals surface area (Å²) in [4.78, 5) is 11.0. The smallest absolute Gasteiger partial charge is 0.343 e. The van der Waals surface area contributed by atoms with E-state index in [0.29, 0.717) is 0 Å². The van der Waals surface area contributed by atoms with Gasteiger partial charge in [-0.1, -0.05) is 0 Å². The van der Waals surface area contributed by atoms with Gasteiger partial charge in [0.2, 0.25) is 0 Å². The lowest BCUT2D eigenvalue weighted by molar-refractivity contribution is 0.0589. The third-order valence-corrected chi connectivity index (χ3v) is 2.67. The predicted molar refractivity (Wildman–Crippen MR) is 54.8 cm³/mol. The molecule has 2 N–H and O–H groups in total. The normalized spacial score (nSPS) is 10.0. The van der Waals surface area contributed by atoms with Crippen molar-refractivity contribution in [1.29, 1.82) is 0 Å². The van der Waals surface area contributed by atoms with Crippen molar-refractivity contribution in [3.63, 3.8) is 0 Å². The first-order chi connectivity index (χ1) is 6.49. The highest BCUT2D eigenvalue weighted by atomic mass is 127. The molecule has 0 bridgehead atoms. The van der Waals surface area contributed by atoms with Crippen LogP contribution >= 0.6 is 22.6 Å². The highest BCUT2D eigenvalue weighted by Gasteiger charge is 2.22. The highest BCUT2D eigenvalue weighted by Crippen LogP contribution is 2.24. The first-order valence-corrected chi connectivity index (χ1v) is 4.58. The summed E-state index contributed by atoms with van der Waals surface area (Å²) >= 11 is 1.59. The number of anilines is 1. The zero-order valence-electron chi connectivity index (χ0n) is 7.11. The molecule has 0 fully saturated rings. The summed E-state index contributed by atoms with van der Waals surface area (Å²) in [7, 11) is 1.05. The third-order valence-electron chi connectivity index (χ3n) is 1.58. The van der Waals surface area contributed by atoms with Crippen molar-refractivity contribution in [1.82, 2.24) is 0 Å². The first-order valence-electron chi connectivity index (χ1n) is 3.50. The Labute approximate surface area is 92.4 Å². The molecule has 0 saturated heterocycles. The van der Waals surface area contributed by atoms with Crippen LogP contribution in [0.3, 0.4) is 0 Å². The molecular formula is C8H6F2INO2. The maximum absolute atomic E-state index is 13.3. The van der Waals surface area contributed by atoms with Crippen molar-refractivity contribution in [2.24, 2.45) is 0 Å². The largest absolute Gasteiger partial charge is 0.465 e. The average Bonchev–Trinajstić information content (AvgIpc) is 2.14. The van der Waals surface area contributed by atoms with Crippen LogP contribution in [-0.4, -0.2) is 13.1 Å². The summed E-state index contributed by atoms with van der Waals surface area (Å²) in [5.41, 5.74) is 4.53. The number of methoxy groups -OCH3 is 1. The van der Waals surface area contributed by atoms with Crippen LogP contribution < -0.4 is 5.73 Å². The van der Waals surface area contributed by atoms with Gasteiger partial charge in [0.1, 0.15) is 11.4 Å². The Kier molecular flexibility index (Phi) is 3.25. The zero-order chi connectivity index (χ0) is 10.9. The number of benzene rings is 1. The van der Waals surface area contributed by atoms with Crippen LogP contribution in [0.5, 0.6) is 0 Å². The lowest BCUT2D eigenvalue weighted by Gasteiger charge is -2.06. The summed E-state index contributed by atoms with van der Waals surface area (Å²) in [5, 5.41) is 0. The van der Waals surface area contributed by atoms with E-state index in [1.54, 1.807) is 22.6 Å². The molecule has 0 saturated carbocycles. The molecule has 1 rings (SSSR count). The van der Waals surface area contributed by atoms with Gasteiger partial charge in [0.05, 0.1) is 16.4 Å². The van der Waals surface area contributed by atoms with Crippen LogP contribution in [0.4, 0.5) is 14.5 Å². The number of hydrogen-bond acceptors (Lipinski definition) is 3. The van der Waals surface area contributed by atoms with Crippen molar-refractivity contribution >= 4 is 34.2 Å². The average molecular weight is 313 g/mol. The fourth-order valence-electron chi connectivity index (χ4n) is 0.903. The second kappa shape index (κ2) is 4.07. The first kappa shape index (κ1) is 11.2. The van der Waals surface area contributed by atoms with E-state index in [1.807, 2.05) is 0 Å². The molecule has 14 heavy (non-hydrogen) atoms. The second-order valence-corrected chi connectivity index (χ2v) is 3.52. The molecule has 3 nitrogen and oxygen atoms in total. The summed E-state index contributed by atoms with van der Waals surface area (Å²) in [6.45, 7) is 0. The van der Waals surface area contributed by atoms with Gasteiger partial charge in [0.25, 0.3) is 0 Å². The standard InChI is InChI=1S/C8H6F2INO2/c1-14-8(13)5-3(9)2-4(12)7(11)6(5)10/h2H,12H2,1H3. The number of nitrogens with two attached hydrogens (primary N) is 1. The van der Waals surface area contributed by atoms with Gasteiger partial charge < -0.3 is 10.5 Å². The van der Waals surface area contributed by atoms with Crippen molar-refractivity contribution in [2.75, 3.05) is 12.8 Å². The summed E-state index contributed by atoms with van der Waals surface area (Å²) in [6, 6.07) is 0.886. The molecule has 0 aliphatic rings. The number of carbonyl (C=O) groups is 1. The second-order valence-electron chi connectivity index (χ2n) is 2.44. The van der Waals surface area contributed by atoms with E-state index in [9.17, 15) is 13.6 Å². The number of nitrogen functional groups attached to an aromatic ring is 1. The molecule has 0 unspecified atom stereocenters. The number of hydrogen-bond donors (Lipinski definition) is 1. The van der Waals surface area contributed by atoms with E-state index in [2.05, 4.69) is 4.74 Å². The van der Waals surface area contributed by atoms with Gasteiger partial charge >= 0.3 is 5.97 Å². The summed E-state index contributed by atoms with van der Waals surface area (Å²) < 4.78 is 30.7. The molecule has 0 amide bonds. The van der Waals surface area contributed by atoms with Crippen LogP contribution in [0.25, 0.3) is 0 Å².